The number of hydrogen-bond donors (Lipinski definition) is 2. The van der Waals surface area contributed by atoms with Crippen molar-refractivity contribution < 1.29 is 5.11 Å². The molecule has 0 fully saturated rings. The van der Waals surface area contributed by atoms with Gasteiger partial charge in [0, 0.05) is 39.8 Å². The topological polar surface area (TPSA) is 69.2 Å². The third kappa shape index (κ3) is 5.49. The Labute approximate surface area is 217 Å². The Bertz CT molecular complexity index is 1370. The molecule has 6 heteroatoms. The number of nitrogens with zero attached hydrogens (tertiary/aromatic N) is 2. The smallest absolute Gasteiger partial charge is 0.266 e. The fraction of sp³-hybridized carbons (Fsp3) is 0.267. The predicted molar refractivity (Wildman–Crippen MR) is 150 cm³/mol. The fourth-order valence-corrected chi connectivity index (χ4v) is 5.23. The molecule has 2 aromatic carbocycles. The molecule has 0 aliphatic rings. The zero-order valence-corrected chi connectivity index (χ0v) is 22.1. The number of benzene rings is 2. The normalized spacial score (nSPS) is 11.1. The van der Waals surface area contributed by atoms with Crippen molar-refractivity contribution in [2.75, 3.05) is 4.90 Å². The van der Waals surface area contributed by atoms with E-state index < -0.39 is 0 Å². The molecular formula is C30H33N3O2S. The lowest BCUT2D eigenvalue weighted by atomic mass is 10.1. The average molecular weight is 500 g/mol. The second kappa shape index (κ2) is 11.5. The first-order valence-electron chi connectivity index (χ1n) is 12.4. The summed E-state index contributed by atoms with van der Waals surface area (Å²) in [5, 5.41) is 11.6. The van der Waals surface area contributed by atoms with Gasteiger partial charge in [-0.3, -0.25) is 9.78 Å². The van der Waals surface area contributed by atoms with Crippen LogP contribution in [0.5, 0.6) is 5.75 Å². The fourth-order valence-electron chi connectivity index (χ4n) is 4.38. The summed E-state index contributed by atoms with van der Waals surface area (Å²) in [5.41, 5.74) is 5.25. The van der Waals surface area contributed by atoms with Crippen LogP contribution in [0.2, 0.25) is 0 Å². The van der Waals surface area contributed by atoms with Gasteiger partial charge in [0.15, 0.2) is 5.75 Å². The van der Waals surface area contributed by atoms with Crippen LogP contribution in [0.1, 0.15) is 45.0 Å². The number of aromatic hydroxyl groups is 1. The molecule has 0 atom stereocenters. The van der Waals surface area contributed by atoms with E-state index in [1.54, 1.807) is 6.20 Å². The number of nitrogens with one attached hydrogen (secondary N) is 1. The van der Waals surface area contributed by atoms with Crippen LogP contribution in [0.4, 0.5) is 11.4 Å². The highest BCUT2D eigenvalue weighted by Gasteiger charge is 2.25. The summed E-state index contributed by atoms with van der Waals surface area (Å²) >= 11 is 1.28. The molecule has 186 valence electrons. The highest BCUT2D eigenvalue weighted by atomic mass is 32.2. The van der Waals surface area contributed by atoms with Crippen LogP contribution in [0.3, 0.4) is 0 Å². The van der Waals surface area contributed by atoms with E-state index >= 15 is 0 Å². The highest BCUT2D eigenvalue weighted by molar-refractivity contribution is 7.99. The second-order valence-electron chi connectivity index (χ2n) is 9.12. The van der Waals surface area contributed by atoms with Crippen LogP contribution in [0.15, 0.2) is 87.5 Å². The number of rotatable bonds is 9. The Morgan fingerprint density at radius 1 is 1.03 bits per heavy atom. The van der Waals surface area contributed by atoms with Crippen molar-refractivity contribution in [2.24, 2.45) is 0 Å². The molecule has 0 radical (unpaired) electrons. The van der Waals surface area contributed by atoms with Crippen LogP contribution in [0.25, 0.3) is 11.1 Å². The SMILES string of the molecule is CCCCc1[nH]c(=O)c(Sc2ccc(-c3cccnc3C)cc2)c(O)c1N(c1ccccc1)C(C)C. The number of aromatic amines is 1. The number of aryl methyl sites for hydroxylation is 2. The standard InChI is InChI=1S/C30H33N3O2S/c1-5-6-14-26-27(33(20(2)3)23-11-8-7-9-12-23)28(34)29(30(35)32-26)36-24-17-15-22(16-18-24)25-13-10-19-31-21(25)4/h7-13,15-20H,5-6,14H2,1-4H3,(H2,32,34,35). The van der Waals surface area contributed by atoms with Crippen molar-refractivity contribution in [1.29, 1.82) is 0 Å². The van der Waals surface area contributed by atoms with Gasteiger partial charge >= 0.3 is 0 Å². The van der Waals surface area contributed by atoms with Crippen LogP contribution in [-0.2, 0) is 6.42 Å². The Hall–Kier alpha value is -3.51. The molecule has 2 aromatic heterocycles. The molecule has 0 bridgehead atoms. The maximum absolute atomic E-state index is 13.2. The summed E-state index contributed by atoms with van der Waals surface area (Å²) in [6, 6.07) is 22.1. The molecule has 0 amide bonds. The van der Waals surface area contributed by atoms with E-state index in [-0.39, 0.29) is 17.4 Å². The predicted octanol–water partition coefficient (Wildman–Crippen LogP) is 7.49. The van der Waals surface area contributed by atoms with Crippen molar-refractivity contribution in [1.82, 2.24) is 9.97 Å². The Morgan fingerprint density at radius 3 is 2.39 bits per heavy atom. The molecule has 36 heavy (non-hydrogen) atoms. The number of aromatic nitrogens is 2. The van der Waals surface area contributed by atoms with Gasteiger partial charge in [0.05, 0.1) is 0 Å². The minimum absolute atomic E-state index is 0.0274. The third-order valence-electron chi connectivity index (χ3n) is 6.16. The van der Waals surface area contributed by atoms with Gasteiger partial charge in [-0.25, -0.2) is 0 Å². The highest BCUT2D eigenvalue weighted by Crippen LogP contribution is 2.43. The van der Waals surface area contributed by atoms with Crippen LogP contribution >= 0.6 is 11.8 Å². The van der Waals surface area contributed by atoms with Gasteiger partial charge in [0.2, 0.25) is 0 Å². The van der Waals surface area contributed by atoms with E-state index in [2.05, 4.69) is 35.6 Å². The number of hydrogen-bond acceptors (Lipinski definition) is 5. The van der Waals surface area contributed by atoms with Gasteiger partial charge in [-0.15, -0.1) is 0 Å². The summed E-state index contributed by atoms with van der Waals surface area (Å²) in [6.45, 7) is 8.29. The van der Waals surface area contributed by atoms with Crippen LogP contribution < -0.4 is 10.5 Å². The lowest BCUT2D eigenvalue weighted by molar-refractivity contribution is 0.457. The molecule has 4 aromatic rings. The van der Waals surface area contributed by atoms with Gasteiger partial charge in [0.25, 0.3) is 5.56 Å². The monoisotopic (exact) mass is 499 g/mol. The van der Waals surface area contributed by atoms with E-state index in [0.29, 0.717) is 17.0 Å². The zero-order valence-electron chi connectivity index (χ0n) is 21.3. The van der Waals surface area contributed by atoms with Gasteiger partial charge < -0.3 is 15.0 Å². The third-order valence-corrected chi connectivity index (χ3v) is 7.25. The zero-order chi connectivity index (χ0) is 25.7. The number of H-pyrrole nitrogens is 1. The van der Waals surface area contributed by atoms with Crippen molar-refractivity contribution in [2.45, 2.75) is 62.8 Å². The lowest BCUT2D eigenvalue weighted by Crippen LogP contribution is -2.28. The lowest BCUT2D eigenvalue weighted by Gasteiger charge is -2.32. The first-order valence-corrected chi connectivity index (χ1v) is 13.2. The van der Waals surface area contributed by atoms with Crippen molar-refractivity contribution in [3.63, 3.8) is 0 Å². The van der Waals surface area contributed by atoms with E-state index in [0.717, 1.165) is 45.9 Å². The Kier molecular flexibility index (Phi) is 8.16. The second-order valence-corrected chi connectivity index (χ2v) is 10.2. The largest absolute Gasteiger partial charge is 0.504 e. The van der Waals surface area contributed by atoms with Crippen molar-refractivity contribution >= 4 is 23.1 Å². The molecule has 5 nitrogen and oxygen atoms in total. The van der Waals surface area contributed by atoms with E-state index in [4.69, 9.17) is 0 Å². The molecular weight excluding hydrogens is 466 g/mol. The molecule has 4 rings (SSSR count). The quantitative estimate of drug-likeness (QED) is 0.250. The van der Waals surface area contributed by atoms with Gasteiger partial charge in [0.1, 0.15) is 10.6 Å². The summed E-state index contributed by atoms with van der Waals surface area (Å²) < 4.78 is 0. The molecule has 0 saturated heterocycles. The first-order chi connectivity index (χ1) is 17.4. The molecule has 2 N–H and O–H groups in total. The number of pyridine rings is 2. The summed E-state index contributed by atoms with van der Waals surface area (Å²) in [4.78, 5) is 23.9. The van der Waals surface area contributed by atoms with Crippen molar-refractivity contribution in [3.8, 4) is 16.9 Å². The summed E-state index contributed by atoms with van der Waals surface area (Å²) in [6.07, 6.45) is 4.39. The maximum Gasteiger partial charge on any atom is 0.266 e. The molecule has 0 aliphatic carbocycles. The number of anilines is 2. The van der Waals surface area contributed by atoms with E-state index in [1.165, 1.54) is 11.8 Å². The number of unbranched alkanes of at least 4 members (excludes halogenated alkanes) is 1. The first kappa shape index (κ1) is 25.6. The number of para-hydroxylation sites is 1. The Balaban J connectivity index is 1.76. The Morgan fingerprint density at radius 2 is 1.75 bits per heavy atom. The minimum atomic E-state index is -0.267. The summed E-state index contributed by atoms with van der Waals surface area (Å²) in [5.74, 6) is 0.0274. The molecule has 2 heterocycles. The summed E-state index contributed by atoms with van der Waals surface area (Å²) in [7, 11) is 0. The van der Waals surface area contributed by atoms with Gasteiger partial charge in [-0.1, -0.05) is 61.5 Å². The van der Waals surface area contributed by atoms with Crippen LogP contribution in [0, 0.1) is 6.92 Å². The minimum Gasteiger partial charge on any atom is -0.504 e. The average Bonchev–Trinajstić information content (AvgIpc) is 2.88. The van der Waals surface area contributed by atoms with Crippen molar-refractivity contribution in [3.05, 3.63) is 94.7 Å². The van der Waals surface area contributed by atoms with E-state index in [1.807, 2.05) is 73.7 Å². The molecule has 0 spiro atoms. The molecule has 0 aliphatic heterocycles. The molecule has 0 unspecified atom stereocenters. The van der Waals surface area contributed by atoms with E-state index in [9.17, 15) is 9.90 Å². The van der Waals surface area contributed by atoms with Gasteiger partial charge in [-0.05, 0) is 69.5 Å². The van der Waals surface area contributed by atoms with Crippen LogP contribution in [-0.4, -0.2) is 21.1 Å². The van der Waals surface area contributed by atoms with Gasteiger partial charge in [-0.2, -0.15) is 0 Å². The maximum atomic E-state index is 13.2. The molecule has 0 saturated carbocycles.